The Hall–Kier alpha value is -2.66. The van der Waals surface area contributed by atoms with Gasteiger partial charge in [0.25, 0.3) is 5.91 Å². The molecule has 0 aliphatic heterocycles. The highest BCUT2D eigenvalue weighted by molar-refractivity contribution is 7.16. The third-order valence-corrected chi connectivity index (χ3v) is 6.95. The Bertz CT molecular complexity index is 1020. The van der Waals surface area contributed by atoms with Gasteiger partial charge in [0.15, 0.2) is 0 Å². The number of carbonyl (C=O) groups is 2. The van der Waals surface area contributed by atoms with Crippen LogP contribution in [-0.2, 0) is 24.2 Å². The number of thiophene rings is 1. The van der Waals surface area contributed by atoms with Crippen molar-refractivity contribution in [2.45, 2.75) is 60.4 Å². The van der Waals surface area contributed by atoms with Gasteiger partial charge >= 0.3 is 0 Å². The fourth-order valence-electron chi connectivity index (χ4n) is 4.04. The number of amides is 2. The molecule has 1 atom stereocenters. The first-order valence-electron chi connectivity index (χ1n) is 9.71. The number of nitriles is 1. The van der Waals surface area contributed by atoms with Crippen molar-refractivity contribution in [3.8, 4) is 6.07 Å². The zero-order chi connectivity index (χ0) is 21.5. The molecule has 2 heterocycles. The molecule has 154 valence electrons. The number of carbonyl (C=O) groups excluding carboxylic acids is 2. The molecular formula is C21H27N5O2S. The largest absolute Gasteiger partial charge is 0.365 e. The van der Waals surface area contributed by atoms with Crippen LogP contribution in [0.2, 0.25) is 0 Å². The number of nitrogens with one attached hydrogen (secondary N) is 1. The van der Waals surface area contributed by atoms with Crippen LogP contribution in [0, 0.1) is 36.5 Å². The molecule has 2 aromatic rings. The Kier molecular flexibility index (Phi) is 5.54. The van der Waals surface area contributed by atoms with Crippen molar-refractivity contribution in [3.63, 3.8) is 0 Å². The highest BCUT2D eigenvalue weighted by atomic mass is 32.1. The summed E-state index contributed by atoms with van der Waals surface area (Å²) in [6.45, 7) is 10.1. The number of anilines is 1. The molecule has 0 saturated carbocycles. The van der Waals surface area contributed by atoms with Gasteiger partial charge in [0.1, 0.15) is 17.6 Å². The first-order chi connectivity index (χ1) is 13.5. The smallest absolute Gasteiger partial charge is 0.252 e. The summed E-state index contributed by atoms with van der Waals surface area (Å²) in [5.74, 6) is -0.280. The molecule has 29 heavy (non-hydrogen) atoms. The van der Waals surface area contributed by atoms with Crippen molar-refractivity contribution < 1.29 is 9.59 Å². The van der Waals surface area contributed by atoms with E-state index in [1.807, 2.05) is 0 Å². The van der Waals surface area contributed by atoms with Gasteiger partial charge in [-0.05, 0) is 50.0 Å². The summed E-state index contributed by atoms with van der Waals surface area (Å²) in [6, 6.07) is 2.28. The van der Waals surface area contributed by atoms with Crippen LogP contribution in [0.25, 0.3) is 0 Å². The second kappa shape index (κ2) is 7.64. The summed E-state index contributed by atoms with van der Waals surface area (Å²) in [5.41, 5.74) is 8.67. The van der Waals surface area contributed by atoms with E-state index in [4.69, 9.17) is 5.73 Å². The SMILES string of the molecule is Cc1nn(CC(=O)Nc2sc3c(c2C#N)CCC(C(C)(C)C)C3)c(C)c1C(N)=O. The highest BCUT2D eigenvalue weighted by Gasteiger charge is 2.32. The standard InChI is InChI=1S/C21H27N5O2S/c1-11-18(19(23)28)12(2)26(25-11)10-17(27)24-20-15(9-22)14-7-6-13(21(3,4)5)8-16(14)29-20/h13H,6-8,10H2,1-5H3,(H2,23,28)(H,24,27). The van der Waals surface area contributed by atoms with Crippen molar-refractivity contribution in [2.75, 3.05) is 5.32 Å². The molecule has 1 aliphatic rings. The molecule has 3 N–H and O–H groups in total. The van der Waals surface area contributed by atoms with Crippen molar-refractivity contribution in [1.82, 2.24) is 9.78 Å². The quantitative estimate of drug-likeness (QED) is 0.800. The molecule has 8 heteroatoms. The van der Waals surface area contributed by atoms with Crippen LogP contribution >= 0.6 is 11.3 Å². The molecule has 0 spiro atoms. The van der Waals surface area contributed by atoms with Crippen LogP contribution in [0.3, 0.4) is 0 Å². The Morgan fingerprint density at radius 3 is 2.62 bits per heavy atom. The molecule has 0 saturated heterocycles. The van der Waals surface area contributed by atoms with Gasteiger partial charge in [0.05, 0.1) is 16.8 Å². The molecule has 1 aliphatic carbocycles. The summed E-state index contributed by atoms with van der Waals surface area (Å²) in [5, 5.41) is 17.4. The number of primary amides is 1. The maximum absolute atomic E-state index is 12.6. The fourth-order valence-corrected chi connectivity index (χ4v) is 5.34. The average molecular weight is 414 g/mol. The zero-order valence-corrected chi connectivity index (χ0v) is 18.4. The van der Waals surface area contributed by atoms with Crippen LogP contribution in [0.5, 0.6) is 0 Å². The first-order valence-corrected chi connectivity index (χ1v) is 10.5. The maximum atomic E-state index is 12.6. The van der Waals surface area contributed by atoms with Crippen molar-refractivity contribution in [3.05, 3.63) is 33.0 Å². The van der Waals surface area contributed by atoms with Gasteiger partial charge in [-0.2, -0.15) is 10.4 Å². The lowest BCUT2D eigenvalue weighted by Gasteiger charge is -2.33. The Labute approximate surface area is 174 Å². The number of hydrogen-bond acceptors (Lipinski definition) is 5. The maximum Gasteiger partial charge on any atom is 0.252 e. The molecule has 0 aromatic carbocycles. The van der Waals surface area contributed by atoms with Crippen LogP contribution < -0.4 is 11.1 Å². The van der Waals surface area contributed by atoms with Gasteiger partial charge in [-0.1, -0.05) is 20.8 Å². The third kappa shape index (κ3) is 4.06. The molecule has 3 rings (SSSR count). The number of hydrogen-bond donors (Lipinski definition) is 2. The van der Waals surface area contributed by atoms with Gasteiger partial charge in [0.2, 0.25) is 5.91 Å². The topological polar surface area (TPSA) is 114 Å². The number of aromatic nitrogens is 2. The van der Waals surface area contributed by atoms with Crippen molar-refractivity contribution in [2.24, 2.45) is 17.1 Å². The van der Waals surface area contributed by atoms with Gasteiger partial charge in [-0.25, -0.2) is 0 Å². The van der Waals surface area contributed by atoms with Gasteiger partial charge in [-0.3, -0.25) is 14.3 Å². The molecular weight excluding hydrogens is 386 g/mol. The van der Waals surface area contributed by atoms with E-state index in [9.17, 15) is 14.9 Å². The van der Waals surface area contributed by atoms with Gasteiger partial charge in [0, 0.05) is 10.6 Å². The van der Waals surface area contributed by atoms with E-state index in [2.05, 4.69) is 37.3 Å². The van der Waals surface area contributed by atoms with Crippen molar-refractivity contribution in [1.29, 1.82) is 5.26 Å². The lowest BCUT2D eigenvalue weighted by molar-refractivity contribution is -0.116. The van der Waals surface area contributed by atoms with Crippen LogP contribution in [-0.4, -0.2) is 21.6 Å². The molecule has 0 radical (unpaired) electrons. The van der Waals surface area contributed by atoms with Crippen LogP contribution in [0.15, 0.2) is 0 Å². The number of fused-ring (bicyclic) bond motifs is 1. The minimum absolute atomic E-state index is 0.0436. The van der Waals surface area contributed by atoms with E-state index in [1.54, 1.807) is 13.8 Å². The number of aryl methyl sites for hydroxylation is 1. The number of nitrogens with two attached hydrogens (primary N) is 1. The predicted molar refractivity (Wildman–Crippen MR) is 113 cm³/mol. The molecule has 2 amide bonds. The molecule has 0 fully saturated rings. The summed E-state index contributed by atoms with van der Waals surface area (Å²) >= 11 is 1.50. The van der Waals surface area contributed by atoms with E-state index in [1.165, 1.54) is 20.9 Å². The summed E-state index contributed by atoms with van der Waals surface area (Å²) < 4.78 is 1.47. The summed E-state index contributed by atoms with van der Waals surface area (Å²) in [6.07, 6.45) is 2.86. The second-order valence-electron chi connectivity index (χ2n) is 8.74. The predicted octanol–water partition coefficient (Wildman–Crippen LogP) is 3.32. The lowest BCUT2D eigenvalue weighted by Crippen LogP contribution is -2.26. The van der Waals surface area contributed by atoms with Crippen LogP contribution in [0.4, 0.5) is 5.00 Å². The second-order valence-corrected chi connectivity index (χ2v) is 9.85. The van der Waals surface area contributed by atoms with E-state index in [0.29, 0.717) is 33.4 Å². The fraction of sp³-hybridized carbons (Fsp3) is 0.524. The lowest BCUT2D eigenvalue weighted by atomic mass is 9.72. The highest BCUT2D eigenvalue weighted by Crippen LogP contribution is 2.43. The van der Waals surface area contributed by atoms with Crippen molar-refractivity contribution >= 4 is 28.2 Å². The molecule has 2 aromatic heterocycles. The van der Waals surface area contributed by atoms with E-state index in [-0.39, 0.29) is 17.9 Å². The summed E-state index contributed by atoms with van der Waals surface area (Å²) in [7, 11) is 0. The van der Waals surface area contributed by atoms with E-state index < -0.39 is 5.91 Å². The molecule has 1 unspecified atom stereocenters. The molecule has 0 bridgehead atoms. The zero-order valence-electron chi connectivity index (χ0n) is 17.5. The van der Waals surface area contributed by atoms with Crippen LogP contribution in [0.1, 0.15) is 64.9 Å². The number of rotatable bonds is 4. The minimum atomic E-state index is -0.558. The first kappa shape index (κ1) is 21.1. The average Bonchev–Trinajstić information content (AvgIpc) is 3.09. The molecule has 7 nitrogen and oxygen atoms in total. The summed E-state index contributed by atoms with van der Waals surface area (Å²) in [4.78, 5) is 25.4. The van der Waals surface area contributed by atoms with E-state index in [0.717, 1.165) is 24.8 Å². The van der Waals surface area contributed by atoms with Gasteiger partial charge < -0.3 is 11.1 Å². The Balaban J connectivity index is 1.80. The van der Waals surface area contributed by atoms with E-state index >= 15 is 0 Å². The Morgan fingerprint density at radius 2 is 2.07 bits per heavy atom. The van der Waals surface area contributed by atoms with Gasteiger partial charge in [-0.15, -0.1) is 11.3 Å². The normalized spacial score (nSPS) is 16.2. The monoisotopic (exact) mass is 413 g/mol. The third-order valence-electron chi connectivity index (χ3n) is 5.78. The Morgan fingerprint density at radius 1 is 1.38 bits per heavy atom. The number of nitrogens with zero attached hydrogens (tertiary/aromatic N) is 3. The minimum Gasteiger partial charge on any atom is -0.365 e.